The van der Waals surface area contributed by atoms with Crippen LogP contribution in [-0.2, 0) is 4.74 Å². The number of ether oxygens (including phenoxy) is 1. The van der Waals surface area contributed by atoms with E-state index in [0.717, 1.165) is 5.56 Å². The molecule has 16 heavy (non-hydrogen) atoms. The highest BCUT2D eigenvalue weighted by Gasteiger charge is 2.19. The molecule has 5 nitrogen and oxygen atoms in total. The van der Waals surface area contributed by atoms with E-state index in [1.165, 1.54) is 12.1 Å². The molecule has 5 heteroatoms. The van der Waals surface area contributed by atoms with Crippen molar-refractivity contribution in [3.8, 4) is 0 Å². The Labute approximate surface area is 91.5 Å². The molecule has 1 aliphatic heterocycles. The second-order valence-electron chi connectivity index (χ2n) is 3.46. The van der Waals surface area contributed by atoms with Crippen molar-refractivity contribution >= 4 is 12.0 Å². The number of nitro groups is 1. The van der Waals surface area contributed by atoms with Crippen molar-refractivity contribution < 1.29 is 14.5 Å². The van der Waals surface area contributed by atoms with Crippen molar-refractivity contribution in [1.29, 1.82) is 0 Å². The number of nitrogens with zero attached hydrogens (tertiary/aromatic N) is 1. The summed E-state index contributed by atoms with van der Waals surface area (Å²) >= 11 is 0. The first-order valence-electron chi connectivity index (χ1n) is 4.74. The third kappa shape index (κ3) is 1.79. The molecular weight excluding hydrogens is 210 g/mol. The molecule has 0 spiro atoms. The first kappa shape index (κ1) is 10.4. The van der Waals surface area contributed by atoms with Gasteiger partial charge in [0.05, 0.1) is 23.4 Å². The second-order valence-corrected chi connectivity index (χ2v) is 3.46. The molecule has 1 aliphatic rings. The van der Waals surface area contributed by atoms with Crippen LogP contribution in [0, 0.1) is 10.1 Å². The fourth-order valence-electron chi connectivity index (χ4n) is 1.62. The number of hydrogen-bond acceptors (Lipinski definition) is 4. The third-order valence-corrected chi connectivity index (χ3v) is 2.49. The molecule has 1 aromatic rings. The van der Waals surface area contributed by atoms with Crippen LogP contribution in [0.25, 0.3) is 0 Å². The molecular formula is C11H9NO4. The molecule has 0 fully saturated rings. The average molecular weight is 219 g/mol. The highest BCUT2D eigenvalue weighted by molar-refractivity contribution is 5.81. The lowest BCUT2D eigenvalue weighted by Crippen LogP contribution is -2.01. The van der Waals surface area contributed by atoms with Crippen LogP contribution < -0.4 is 0 Å². The zero-order chi connectivity index (χ0) is 11.5. The fourth-order valence-corrected chi connectivity index (χ4v) is 1.62. The lowest BCUT2D eigenvalue weighted by molar-refractivity contribution is -0.385. The Bertz CT molecular complexity index is 467. The van der Waals surface area contributed by atoms with Gasteiger partial charge in [0.15, 0.2) is 6.29 Å². The summed E-state index contributed by atoms with van der Waals surface area (Å²) in [4.78, 5) is 20.8. The maximum atomic E-state index is 10.7. The largest absolute Gasteiger partial charge is 0.501 e. The normalized spacial score (nSPS) is 18.1. The van der Waals surface area contributed by atoms with Crippen LogP contribution in [0.4, 0.5) is 5.69 Å². The number of rotatable bonds is 3. The van der Waals surface area contributed by atoms with E-state index in [9.17, 15) is 14.9 Å². The molecule has 2 rings (SSSR count). The van der Waals surface area contributed by atoms with Crippen LogP contribution in [0.15, 0.2) is 30.5 Å². The van der Waals surface area contributed by atoms with Gasteiger partial charge in [0.2, 0.25) is 0 Å². The number of carbonyl (C=O) groups is 1. The van der Waals surface area contributed by atoms with Crippen LogP contribution in [0.5, 0.6) is 0 Å². The molecule has 1 atom stereocenters. The van der Waals surface area contributed by atoms with Crippen LogP contribution >= 0.6 is 0 Å². The van der Waals surface area contributed by atoms with E-state index in [2.05, 4.69) is 0 Å². The van der Waals surface area contributed by atoms with Gasteiger partial charge in [-0.1, -0.05) is 6.07 Å². The van der Waals surface area contributed by atoms with E-state index in [1.54, 1.807) is 12.3 Å². The molecule has 82 valence electrons. The maximum absolute atomic E-state index is 10.7. The summed E-state index contributed by atoms with van der Waals surface area (Å²) in [5.41, 5.74) is 0.718. The zero-order valence-corrected chi connectivity index (χ0v) is 8.33. The molecule has 0 aromatic heterocycles. The molecule has 0 amide bonds. The van der Waals surface area contributed by atoms with E-state index in [4.69, 9.17) is 4.74 Å². The number of carbonyl (C=O) groups excluding carboxylic acids is 1. The minimum Gasteiger partial charge on any atom is -0.501 e. The van der Waals surface area contributed by atoms with Crippen LogP contribution in [0.3, 0.4) is 0 Å². The van der Waals surface area contributed by atoms with Gasteiger partial charge in [-0.25, -0.2) is 0 Å². The Morgan fingerprint density at radius 3 is 2.88 bits per heavy atom. The molecule has 0 bridgehead atoms. The lowest BCUT2D eigenvalue weighted by atomic mass is 9.99. The lowest BCUT2D eigenvalue weighted by Gasteiger charge is -2.07. The summed E-state index contributed by atoms with van der Waals surface area (Å²) in [5, 5.41) is 10.7. The zero-order valence-electron chi connectivity index (χ0n) is 8.33. The van der Waals surface area contributed by atoms with Gasteiger partial charge in [0, 0.05) is 12.0 Å². The first-order chi connectivity index (χ1) is 7.72. The molecule has 0 aliphatic carbocycles. The Kier molecular flexibility index (Phi) is 2.68. The maximum Gasteiger partial charge on any atom is 0.280 e. The van der Waals surface area contributed by atoms with E-state index in [1.807, 2.05) is 6.08 Å². The SMILES string of the molecule is O=Cc1ccc(C2C=COC2)cc1[N+](=O)[O-]. The summed E-state index contributed by atoms with van der Waals surface area (Å²) < 4.78 is 5.05. The molecule has 1 unspecified atom stereocenters. The minimum atomic E-state index is -0.549. The van der Waals surface area contributed by atoms with E-state index in [0.29, 0.717) is 12.9 Å². The van der Waals surface area contributed by atoms with Crippen molar-refractivity contribution in [2.24, 2.45) is 0 Å². The summed E-state index contributed by atoms with van der Waals surface area (Å²) in [6, 6.07) is 4.60. The predicted octanol–water partition coefficient (Wildman–Crippen LogP) is 2.03. The molecule has 1 heterocycles. The standard InChI is InChI=1S/C11H9NO4/c13-6-9-2-1-8(5-11(9)12(14)15)10-3-4-16-7-10/h1-6,10H,7H2. The molecule has 0 radical (unpaired) electrons. The van der Waals surface area contributed by atoms with Gasteiger partial charge in [0.25, 0.3) is 5.69 Å². The van der Waals surface area contributed by atoms with E-state index in [-0.39, 0.29) is 17.2 Å². The minimum absolute atomic E-state index is 0.0272. The first-order valence-corrected chi connectivity index (χ1v) is 4.74. The fraction of sp³-hybridized carbons (Fsp3) is 0.182. The van der Waals surface area contributed by atoms with Crippen molar-refractivity contribution in [3.63, 3.8) is 0 Å². The van der Waals surface area contributed by atoms with Crippen LogP contribution in [-0.4, -0.2) is 17.8 Å². The molecule has 0 N–H and O–H groups in total. The number of aldehydes is 1. The molecule has 1 aromatic carbocycles. The quantitative estimate of drug-likeness (QED) is 0.443. The van der Waals surface area contributed by atoms with E-state index >= 15 is 0 Å². The summed E-state index contributed by atoms with van der Waals surface area (Å²) in [7, 11) is 0. The molecule has 0 saturated carbocycles. The summed E-state index contributed by atoms with van der Waals surface area (Å²) in [6.07, 6.45) is 3.90. The second kappa shape index (κ2) is 4.14. The Morgan fingerprint density at radius 2 is 2.31 bits per heavy atom. The summed E-state index contributed by atoms with van der Waals surface area (Å²) in [6.45, 7) is 0.484. The van der Waals surface area contributed by atoms with Gasteiger partial charge in [-0.05, 0) is 17.7 Å². The van der Waals surface area contributed by atoms with Crippen molar-refractivity contribution in [3.05, 3.63) is 51.8 Å². The Hall–Kier alpha value is -2.17. The highest BCUT2D eigenvalue weighted by Crippen LogP contribution is 2.27. The van der Waals surface area contributed by atoms with Crippen molar-refractivity contribution in [2.45, 2.75) is 5.92 Å². The third-order valence-electron chi connectivity index (χ3n) is 2.49. The van der Waals surface area contributed by atoms with E-state index < -0.39 is 4.92 Å². The highest BCUT2D eigenvalue weighted by atomic mass is 16.6. The van der Waals surface area contributed by atoms with Gasteiger partial charge in [0.1, 0.15) is 0 Å². The van der Waals surface area contributed by atoms with Gasteiger partial charge in [-0.2, -0.15) is 0 Å². The van der Waals surface area contributed by atoms with Gasteiger partial charge in [-0.15, -0.1) is 0 Å². The average Bonchev–Trinajstić information content (AvgIpc) is 2.81. The van der Waals surface area contributed by atoms with Crippen molar-refractivity contribution in [2.75, 3.05) is 6.61 Å². The molecule has 0 saturated heterocycles. The van der Waals surface area contributed by atoms with Gasteiger partial charge < -0.3 is 4.74 Å². The van der Waals surface area contributed by atoms with Crippen molar-refractivity contribution in [1.82, 2.24) is 0 Å². The Morgan fingerprint density at radius 1 is 1.50 bits per heavy atom. The summed E-state index contributed by atoms with van der Waals surface area (Å²) in [5.74, 6) is 0.0272. The monoisotopic (exact) mass is 219 g/mol. The predicted molar refractivity (Wildman–Crippen MR) is 56.3 cm³/mol. The van der Waals surface area contributed by atoms with Crippen LogP contribution in [0.2, 0.25) is 0 Å². The topological polar surface area (TPSA) is 69.4 Å². The smallest absolute Gasteiger partial charge is 0.280 e. The van der Waals surface area contributed by atoms with Gasteiger partial charge >= 0.3 is 0 Å². The number of benzene rings is 1. The van der Waals surface area contributed by atoms with Crippen LogP contribution in [0.1, 0.15) is 21.8 Å². The Balaban J connectivity index is 2.42. The van der Waals surface area contributed by atoms with Gasteiger partial charge in [-0.3, -0.25) is 14.9 Å². The number of nitro benzene ring substituents is 1. The number of hydrogen-bond donors (Lipinski definition) is 0.